The van der Waals surface area contributed by atoms with Gasteiger partial charge in [0.2, 0.25) is 0 Å². The lowest BCUT2D eigenvalue weighted by Crippen LogP contribution is -2.35. The maximum Gasteiger partial charge on any atom is 0.146 e. The molecule has 1 aliphatic heterocycles. The largest absolute Gasteiger partial charge is 0.320 e. The minimum Gasteiger partial charge on any atom is -0.320 e. The lowest BCUT2D eigenvalue weighted by Gasteiger charge is -2.11. The molecular formula is C9H18N2O. The van der Waals surface area contributed by atoms with Crippen molar-refractivity contribution in [3.63, 3.8) is 0 Å². The van der Waals surface area contributed by atoms with Crippen LogP contribution in [0.3, 0.4) is 0 Å². The van der Waals surface area contributed by atoms with Crippen molar-refractivity contribution in [2.75, 3.05) is 13.6 Å². The number of ketones is 1. The Bertz CT molecular complexity index is 159. The van der Waals surface area contributed by atoms with Gasteiger partial charge < -0.3 is 10.6 Å². The fourth-order valence-corrected chi connectivity index (χ4v) is 1.69. The van der Waals surface area contributed by atoms with E-state index < -0.39 is 0 Å². The highest BCUT2D eigenvalue weighted by Gasteiger charge is 2.25. The molecule has 1 aliphatic rings. The van der Waals surface area contributed by atoms with Crippen LogP contribution in [0.2, 0.25) is 0 Å². The molecule has 1 heterocycles. The van der Waals surface area contributed by atoms with Crippen molar-refractivity contribution in [3.8, 4) is 0 Å². The molecule has 1 saturated heterocycles. The van der Waals surface area contributed by atoms with E-state index in [0.29, 0.717) is 6.04 Å². The molecule has 0 bridgehead atoms. The van der Waals surface area contributed by atoms with Crippen LogP contribution in [0.25, 0.3) is 0 Å². The Balaban J connectivity index is 2.21. The average Bonchev–Trinajstić information content (AvgIpc) is 2.48. The first-order chi connectivity index (χ1) is 5.74. The van der Waals surface area contributed by atoms with Crippen LogP contribution in [-0.2, 0) is 4.79 Å². The van der Waals surface area contributed by atoms with E-state index >= 15 is 0 Å². The van der Waals surface area contributed by atoms with Gasteiger partial charge in [0, 0.05) is 6.04 Å². The van der Waals surface area contributed by atoms with Crippen molar-refractivity contribution in [3.05, 3.63) is 0 Å². The zero-order valence-corrected chi connectivity index (χ0v) is 7.89. The van der Waals surface area contributed by atoms with E-state index in [9.17, 15) is 4.79 Å². The molecule has 0 aromatic heterocycles. The van der Waals surface area contributed by atoms with Gasteiger partial charge in [-0.05, 0) is 39.8 Å². The Morgan fingerprint density at radius 2 is 2.33 bits per heavy atom. The number of carbonyl (C=O) groups excluding carboxylic acids is 1. The first-order valence-corrected chi connectivity index (χ1v) is 4.65. The van der Waals surface area contributed by atoms with Crippen LogP contribution in [0.5, 0.6) is 0 Å². The molecule has 70 valence electrons. The van der Waals surface area contributed by atoms with Crippen molar-refractivity contribution < 1.29 is 4.79 Å². The molecule has 2 unspecified atom stereocenters. The topological polar surface area (TPSA) is 41.1 Å². The summed E-state index contributed by atoms with van der Waals surface area (Å²) in [6, 6.07) is 0.679. The highest BCUT2D eigenvalue weighted by atomic mass is 16.1. The van der Waals surface area contributed by atoms with Gasteiger partial charge >= 0.3 is 0 Å². The highest BCUT2D eigenvalue weighted by molar-refractivity contribution is 5.81. The summed E-state index contributed by atoms with van der Waals surface area (Å²) < 4.78 is 0. The second-order valence-electron chi connectivity index (χ2n) is 3.50. The first-order valence-electron chi connectivity index (χ1n) is 4.65. The quantitative estimate of drug-likeness (QED) is 0.638. The zero-order valence-electron chi connectivity index (χ0n) is 7.89. The van der Waals surface area contributed by atoms with Crippen LogP contribution in [0.4, 0.5) is 0 Å². The molecule has 1 fully saturated rings. The summed E-state index contributed by atoms with van der Waals surface area (Å²) in [5, 5.41) is 6.45. The number of rotatable bonds is 4. The fourth-order valence-electron chi connectivity index (χ4n) is 1.69. The molecule has 12 heavy (non-hydrogen) atoms. The van der Waals surface area contributed by atoms with Gasteiger partial charge in [0.05, 0.1) is 6.04 Å². The molecule has 0 spiro atoms. The number of Topliss-reactive ketones (excluding diaryl/α,β-unsaturated/α-hetero) is 1. The number of hydrogen-bond donors (Lipinski definition) is 2. The van der Waals surface area contributed by atoms with E-state index in [2.05, 4.69) is 10.6 Å². The third kappa shape index (κ3) is 2.57. The molecule has 2 N–H and O–H groups in total. The van der Waals surface area contributed by atoms with Gasteiger partial charge in [-0.15, -0.1) is 0 Å². The van der Waals surface area contributed by atoms with Crippen molar-refractivity contribution in [2.45, 2.75) is 38.3 Å². The molecule has 0 aromatic carbocycles. The minimum absolute atomic E-state index is 0.131. The fraction of sp³-hybridized carbons (Fsp3) is 0.889. The van der Waals surface area contributed by atoms with Crippen LogP contribution in [0.15, 0.2) is 0 Å². The molecule has 0 aromatic rings. The van der Waals surface area contributed by atoms with Crippen molar-refractivity contribution in [1.29, 1.82) is 0 Å². The highest BCUT2D eigenvalue weighted by Crippen LogP contribution is 2.14. The summed E-state index contributed by atoms with van der Waals surface area (Å²) in [4.78, 5) is 11.0. The van der Waals surface area contributed by atoms with E-state index in [1.54, 1.807) is 6.92 Å². The van der Waals surface area contributed by atoms with Crippen molar-refractivity contribution in [1.82, 2.24) is 10.6 Å². The SMILES string of the molecule is CNCCC1CCC(C(C)=O)N1. The first kappa shape index (κ1) is 9.68. The summed E-state index contributed by atoms with van der Waals surface area (Å²) in [5.74, 6) is 0.280. The molecule has 3 heteroatoms. The van der Waals surface area contributed by atoms with Crippen molar-refractivity contribution >= 4 is 5.78 Å². The van der Waals surface area contributed by atoms with Gasteiger partial charge in [-0.2, -0.15) is 0 Å². The third-order valence-electron chi connectivity index (χ3n) is 2.47. The lowest BCUT2D eigenvalue weighted by molar-refractivity contribution is -0.118. The van der Waals surface area contributed by atoms with E-state index in [1.165, 1.54) is 0 Å². The molecule has 1 rings (SSSR count). The molecular weight excluding hydrogens is 152 g/mol. The lowest BCUT2D eigenvalue weighted by atomic mass is 10.1. The normalized spacial score (nSPS) is 29.2. The molecule has 3 nitrogen and oxygen atoms in total. The second kappa shape index (κ2) is 4.58. The van der Waals surface area contributed by atoms with E-state index in [0.717, 1.165) is 25.8 Å². The smallest absolute Gasteiger partial charge is 0.146 e. The molecule has 0 radical (unpaired) electrons. The summed E-state index contributed by atoms with van der Waals surface area (Å²) >= 11 is 0. The van der Waals surface area contributed by atoms with E-state index in [1.807, 2.05) is 7.05 Å². The summed E-state index contributed by atoms with van der Waals surface area (Å²) in [6.45, 7) is 2.69. The standard InChI is InChI=1S/C9H18N2O/c1-7(12)9-4-3-8(11-9)5-6-10-2/h8-11H,3-6H2,1-2H3. The number of carbonyl (C=O) groups is 1. The van der Waals surface area contributed by atoms with Crippen molar-refractivity contribution in [2.24, 2.45) is 0 Å². The third-order valence-corrected chi connectivity index (χ3v) is 2.47. The van der Waals surface area contributed by atoms with Gasteiger partial charge in [-0.25, -0.2) is 0 Å². The second-order valence-corrected chi connectivity index (χ2v) is 3.50. The van der Waals surface area contributed by atoms with Gasteiger partial charge in [0.1, 0.15) is 5.78 Å². The predicted molar refractivity (Wildman–Crippen MR) is 49.2 cm³/mol. The zero-order chi connectivity index (χ0) is 8.97. The van der Waals surface area contributed by atoms with E-state index in [4.69, 9.17) is 0 Å². The van der Waals surface area contributed by atoms with Gasteiger partial charge in [0.15, 0.2) is 0 Å². The Labute approximate surface area is 73.9 Å². The maximum atomic E-state index is 11.0. The van der Waals surface area contributed by atoms with Crippen LogP contribution in [0, 0.1) is 0 Å². The van der Waals surface area contributed by atoms with E-state index in [-0.39, 0.29) is 11.8 Å². The average molecular weight is 170 g/mol. The summed E-state index contributed by atoms with van der Waals surface area (Å²) in [7, 11) is 1.96. The number of nitrogens with one attached hydrogen (secondary N) is 2. The van der Waals surface area contributed by atoms with Crippen LogP contribution in [0.1, 0.15) is 26.2 Å². The molecule has 2 atom stereocenters. The Kier molecular flexibility index (Phi) is 3.69. The maximum absolute atomic E-state index is 11.0. The Hall–Kier alpha value is -0.410. The number of hydrogen-bond acceptors (Lipinski definition) is 3. The van der Waals surface area contributed by atoms with Gasteiger partial charge in [-0.3, -0.25) is 4.79 Å². The monoisotopic (exact) mass is 170 g/mol. The Morgan fingerprint density at radius 1 is 1.58 bits per heavy atom. The molecule has 0 saturated carbocycles. The Morgan fingerprint density at radius 3 is 2.83 bits per heavy atom. The summed E-state index contributed by atoms with van der Waals surface area (Å²) in [5.41, 5.74) is 0. The van der Waals surface area contributed by atoms with Crippen LogP contribution >= 0.6 is 0 Å². The molecule has 0 aliphatic carbocycles. The van der Waals surface area contributed by atoms with Gasteiger partial charge in [-0.1, -0.05) is 0 Å². The minimum atomic E-state index is 0.131. The van der Waals surface area contributed by atoms with Gasteiger partial charge in [0.25, 0.3) is 0 Å². The molecule has 0 amide bonds. The summed E-state index contributed by atoms with van der Waals surface area (Å²) in [6.07, 6.45) is 3.29. The van der Waals surface area contributed by atoms with Crippen LogP contribution < -0.4 is 10.6 Å². The predicted octanol–water partition coefficient (Wildman–Crippen LogP) is 0.305. The van der Waals surface area contributed by atoms with Crippen LogP contribution in [-0.4, -0.2) is 31.5 Å².